The molecule has 1 saturated carbocycles. The zero-order valence-corrected chi connectivity index (χ0v) is 9.99. The molecule has 1 rings (SSSR count). The highest BCUT2D eigenvalue weighted by Gasteiger charge is 2.22. The number of rotatable bonds is 5. The van der Waals surface area contributed by atoms with Gasteiger partial charge in [0.2, 0.25) is 0 Å². The molecular weight excluding hydrogens is 192 g/mol. The van der Waals surface area contributed by atoms with Gasteiger partial charge in [0, 0.05) is 5.25 Å². The van der Waals surface area contributed by atoms with E-state index in [9.17, 15) is 0 Å². The Bertz CT molecular complexity index is 206. The van der Waals surface area contributed by atoms with E-state index in [1.165, 1.54) is 25.7 Å². The molecule has 0 bridgehead atoms. The number of thioether (sulfide) groups is 1. The van der Waals surface area contributed by atoms with Crippen LogP contribution in [-0.2, 0) is 0 Å². The molecule has 0 radical (unpaired) electrons. The van der Waals surface area contributed by atoms with Crippen LogP contribution in [0, 0.1) is 11.3 Å². The molecule has 14 heavy (non-hydrogen) atoms. The van der Waals surface area contributed by atoms with Gasteiger partial charge in [0.1, 0.15) is 5.54 Å². The van der Waals surface area contributed by atoms with Gasteiger partial charge in [-0.05, 0) is 39.0 Å². The van der Waals surface area contributed by atoms with Gasteiger partial charge in [-0.15, -0.1) is 0 Å². The van der Waals surface area contributed by atoms with Crippen molar-refractivity contribution in [1.29, 1.82) is 5.26 Å². The fourth-order valence-corrected chi connectivity index (χ4v) is 3.25. The van der Waals surface area contributed by atoms with E-state index in [2.05, 4.69) is 23.1 Å². The molecule has 3 heteroatoms. The third-order valence-corrected chi connectivity index (χ3v) is 4.44. The molecule has 1 aliphatic rings. The normalized spacial score (nSPS) is 21.8. The van der Waals surface area contributed by atoms with Crippen molar-refractivity contribution in [1.82, 2.24) is 5.32 Å². The highest BCUT2D eigenvalue weighted by Crippen LogP contribution is 2.30. The summed E-state index contributed by atoms with van der Waals surface area (Å²) >= 11 is 2.05. The first-order valence-corrected chi connectivity index (χ1v) is 6.47. The lowest BCUT2D eigenvalue weighted by molar-refractivity contribution is 0.479. The smallest absolute Gasteiger partial charge is 0.104 e. The van der Waals surface area contributed by atoms with E-state index in [1.807, 2.05) is 14.0 Å². The minimum absolute atomic E-state index is 0.328. The summed E-state index contributed by atoms with van der Waals surface area (Å²) in [6.07, 6.45) is 6.51. The molecule has 80 valence electrons. The Hall–Kier alpha value is -0.200. The molecule has 2 nitrogen and oxygen atoms in total. The van der Waals surface area contributed by atoms with E-state index in [0.717, 1.165) is 17.4 Å². The highest BCUT2D eigenvalue weighted by molar-refractivity contribution is 7.99. The number of hydrogen-bond donors (Lipinski definition) is 1. The van der Waals surface area contributed by atoms with Gasteiger partial charge in [-0.1, -0.05) is 12.8 Å². The number of hydrogen-bond acceptors (Lipinski definition) is 3. The van der Waals surface area contributed by atoms with Crippen molar-refractivity contribution < 1.29 is 0 Å². The predicted octanol–water partition coefficient (Wildman–Crippen LogP) is 2.55. The standard InChI is InChI=1S/C11H20N2S/c1-11(9-12,13-2)7-8-14-10-5-3-4-6-10/h10,13H,3-8H2,1-2H3. The van der Waals surface area contributed by atoms with E-state index in [1.54, 1.807) is 0 Å². The second-order valence-electron chi connectivity index (χ2n) is 4.22. The Morgan fingerprint density at radius 1 is 1.50 bits per heavy atom. The number of nitrogens with one attached hydrogen (secondary N) is 1. The predicted molar refractivity (Wildman–Crippen MR) is 62.4 cm³/mol. The minimum Gasteiger partial charge on any atom is -0.303 e. The molecule has 0 saturated heterocycles. The zero-order chi connectivity index (χ0) is 10.4. The van der Waals surface area contributed by atoms with Crippen LogP contribution in [0.4, 0.5) is 0 Å². The molecule has 0 aromatic heterocycles. The van der Waals surface area contributed by atoms with E-state index in [-0.39, 0.29) is 5.54 Å². The molecule has 1 aliphatic carbocycles. The summed E-state index contributed by atoms with van der Waals surface area (Å²) in [4.78, 5) is 0. The van der Waals surface area contributed by atoms with Gasteiger partial charge in [0.25, 0.3) is 0 Å². The van der Waals surface area contributed by atoms with E-state index >= 15 is 0 Å². The Morgan fingerprint density at radius 3 is 2.64 bits per heavy atom. The average Bonchev–Trinajstić information content (AvgIpc) is 2.70. The van der Waals surface area contributed by atoms with Crippen LogP contribution in [-0.4, -0.2) is 23.6 Å². The molecule has 1 fully saturated rings. The minimum atomic E-state index is -0.328. The Labute approximate surface area is 91.4 Å². The van der Waals surface area contributed by atoms with Crippen LogP contribution in [0.3, 0.4) is 0 Å². The van der Waals surface area contributed by atoms with Gasteiger partial charge in [-0.2, -0.15) is 17.0 Å². The molecule has 0 amide bonds. The second-order valence-corrected chi connectivity index (χ2v) is 5.63. The van der Waals surface area contributed by atoms with Crippen molar-refractivity contribution in [3.8, 4) is 6.07 Å². The largest absolute Gasteiger partial charge is 0.303 e. The third-order valence-electron chi connectivity index (χ3n) is 3.06. The van der Waals surface area contributed by atoms with Gasteiger partial charge in [0.05, 0.1) is 6.07 Å². The maximum atomic E-state index is 8.96. The summed E-state index contributed by atoms with van der Waals surface area (Å²) in [5.74, 6) is 1.11. The van der Waals surface area contributed by atoms with Crippen LogP contribution in [0.25, 0.3) is 0 Å². The zero-order valence-electron chi connectivity index (χ0n) is 9.18. The third kappa shape index (κ3) is 3.51. The second kappa shape index (κ2) is 5.63. The molecule has 0 aliphatic heterocycles. The van der Waals surface area contributed by atoms with Crippen LogP contribution in [0.5, 0.6) is 0 Å². The van der Waals surface area contributed by atoms with Crippen molar-refractivity contribution in [2.24, 2.45) is 0 Å². The van der Waals surface area contributed by atoms with Gasteiger partial charge in [-0.3, -0.25) is 0 Å². The van der Waals surface area contributed by atoms with Crippen LogP contribution >= 0.6 is 11.8 Å². The fraction of sp³-hybridized carbons (Fsp3) is 0.909. The number of nitrogens with zero attached hydrogens (tertiary/aromatic N) is 1. The van der Waals surface area contributed by atoms with E-state index < -0.39 is 0 Å². The Balaban J connectivity index is 2.16. The quantitative estimate of drug-likeness (QED) is 0.761. The highest BCUT2D eigenvalue weighted by atomic mass is 32.2. The summed E-state index contributed by atoms with van der Waals surface area (Å²) in [7, 11) is 1.86. The van der Waals surface area contributed by atoms with Gasteiger partial charge in [0.15, 0.2) is 0 Å². The molecule has 0 heterocycles. The molecule has 0 aromatic carbocycles. The molecule has 0 aromatic rings. The molecule has 1 unspecified atom stereocenters. The van der Waals surface area contributed by atoms with E-state index in [4.69, 9.17) is 5.26 Å². The van der Waals surface area contributed by atoms with Crippen LogP contribution < -0.4 is 5.32 Å². The first-order valence-electron chi connectivity index (χ1n) is 5.42. The van der Waals surface area contributed by atoms with Gasteiger partial charge < -0.3 is 5.32 Å². The fourth-order valence-electron chi connectivity index (χ4n) is 1.72. The molecule has 0 spiro atoms. The molecular formula is C11H20N2S. The van der Waals surface area contributed by atoms with Gasteiger partial charge >= 0.3 is 0 Å². The average molecular weight is 212 g/mol. The molecule has 1 atom stereocenters. The van der Waals surface area contributed by atoms with Crippen LogP contribution in [0.2, 0.25) is 0 Å². The lowest BCUT2D eigenvalue weighted by Crippen LogP contribution is -2.38. The summed E-state index contributed by atoms with van der Waals surface area (Å²) < 4.78 is 0. The lowest BCUT2D eigenvalue weighted by Gasteiger charge is -2.21. The maximum absolute atomic E-state index is 8.96. The lowest BCUT2D eigenvalue weighted by atomic mass is 10.0. The monoisotopic (exact) mass is 212 g/mol. The van der Waals surface area contributed by atoms with Crippen molar-refractivity contribution in [2.45, 2.75) is 49.8 Å². The van der Waals surface area contributed by atoms with Crippen molar-refractivity contribution in [3.63, 3.8) is 0 Å². The SMILES string of the molecule is CNC(C)(C#N)CCSC1CCCC1. The van der Waals surface area contributed by atoms with Crippen molar-refractivity contribution in [3.05, 3.63) is 0 Å². The summed E-state index contributed by atoms with van der Waals surface area (Å²) in [6.45, 7) is 1.97. The van der Waals surface area contributed by atoms with Crippen molar-refractivity contribution in [2.75, 3.05) is 12.8 Å². The Kier molecular flexibility index (Phi) is 4.77. The van der Waals surface area contributed by atoms with Gasteiger partial charge in [-0.25, -0.2) is 0 Å². The van der Waals surface area contributed by atoms with Crippen LogP contribution in [0.15, 0.2) is 0 Å². The van der Waals surface area contributed by atoms with E-state index in [0.29, 0.717) is 0 Å². The van der Waals surface area contributed by atoms with Crippen molar-refractivity contribution >= 4 is 11.8 Å². The topological polar surface area (TPSA) is 35.8 Å². The summed E-state index contributed by atoms with van der Waals surface area (Å²) in [5, 5.41) is 12.9. The Morgan fingerprint density at radius 2 is 2.14 bits per heavy atom. The molecule has 1 N–H and O–H groups in total. The van der Waals surface area contributed by atoms with Crippen LogP contribution in [0.1, 0.15) is 39.0 Å². The summed E-state index contributed by atoms with van der Waals surface area (Å²) in [6, 6.07) is 2.33. The maximum Gasteiger partial charge on any atom is 0.104 e. The number of nitriles is 1. The summed E-state index contributed by atoms with van der Waals surface area (Å²) in [5.41, 5.74) is -0.328. The first kappa shape index (κ1) is 11.9. The first-order chi connectivity index (χ1) is 6.70.